The predicted molar refractivity (Wildman–Crippen MR) is 86.4 cm³/mol. The summed E-state index contributed by atoms with van der Waals surface area (Å²) in [5, 5.41) is 2.79. The Balaban J connectivity index is 1.56. The second-order valence-corrected chi connectivity index (χ2v) is 7.62. The van der Waals surface area contributed by atoms with Crippen LogP contribution in [-0.2, 0) is 10.2 Å². The molecule has 1 aliphatic carbocycles. The summed E-state index contributed by atoms with van der Waals surface area (Å²) >= 11 is 0. The van der Waals surface area contributed by atoms with Crippen LogP contribution in [0.2, 0.25) is 0 Å². The van der Waals surface area contributed by atoms with E-state index in [2.05, 4.69) is 15.0 Å². The maximum Gasteiger partial charge on any atom is 0.323 e. The molecule has 2 fully saturated rings. The van der Waals surface area contributed by atoms with Gasteiger partial charge in [0.1, 0.15) is 5.82 Å². The molecule has 1 aromatic heterocycles. The van der Waals surface area contributed by atoms with Crippen molar-refractivity contribution in [2.75, 3.05) is 38.5 Å². The number of nitrogens with one attached hydrogen (secondary N) is 2. The lowest BCUT2D eigenvalue weighted by atomic mass is 10.2. The van der Waals surface area contributed by atoms with Crippen LogP contribution in [0.1, 0.15) is 24.5 Å². The highest BCUT2D eigenvalue weighted by atomic mass is 32.2. The zero-order chi connectivity index (χ0) is 16.4. The summed E-state index contributed by atoms with van der Waals surface area (Å²) in [6.45, 7) is 1.28. The number of hydrogen-bond acceptors (Lipinski definition) is 4. The molecular formula is C14H21N5O3S. The topological polar surface area (TPSA) is 94.6 Å². The molecule has 0 spiro atoms. The van der Waals surface area contributed by atoms with Gasteiger partial charge in [0, 0.05) is 44.8 Å². The van der Waals surface area contributed by atoms with Gasteiger partial charge in [-0.25, -0.2) is 14.5 Å². The monoisotopic (exact) mass is 339 g/mol. The number of amides is 2. The lowest BCUT2D eigenvalue weighted by Gasteiger charge is -2.33. The number of urea groups is 1. The molecule has 8 nitrogen and oxygen atoms in total. The van der Waals surface area contributed by atoms with Crippen molar-refractivity contribution in [3.8, 4) is 0 Å². The number of carbonyl (C=O) groups excluding carboxylic acids is 1. The first-order valence-electron chi connectivity index (χ1n) is 7.71. The summed E-state index contributed by atoms with van der Waals surface area (Å²) in [4.78, 5) is 18.3. The molecule has 0 unspecified atom stereocenters. The van der Waals surface area contributed by atoms with Crippen molar-refractivity contribution in [3.63, 3.8) is 0 Å². The number of nitrogens with zero attached hydrogens (tertiary/aromatic N) is 3. The normalized spacial score (nSPS) is 19.6. The van der Waals surface area contributed by atoms with Gasteiger partial charge in [-0.3, -0.25) is 5.32 Å². The van der Waals surface area contributed by atoms with E-state index in [1.807, 2.05) is 12.1 Å². The van der Waals surface area contributed by atoms with E-state index in [4.69, 9.17) is 0 Å². The minimum atomic E-state index is -3.42. The summed E-state index contributed by atoms with van der Waals surface area (Å²) in [7, 11) is -2.04. The molecule has 1 aliphatic heterocycles. The number of piperazine rings is 1. The SMILES string of the molecule is CNS(=O)(=O)N1CCN(C(=O)Nc2cccc(C3CC3)n2)CC1. The zero-order valence-electron chi connectivity index (χ0n) is 13.0. The van der Waals surface area contributed by atoms with E-state index >= 15 is 0 Å². The van der Waals surface area contributed by atoms with Crippen LogP contribution >= 0.6 is 0 Å². The van der Waals surface area contributed by atoms with Crippen molar-refractivity contribution in [1.29, 1.82) is 0 Å². The minimum absolute atomic E-state index is 0.244. The Morgan fingerprint density at radius 1 is 1.22 bits per heavy atom. The number of hydrogen-bond donors (Lipinski definition) is 2. The second-order valence-electron chi connectivity index (χ2n) is 5.75. The van der Waals surface area contributed by atoms with Gasteiger partial charge in [0.2, 0.25) is 0 Å². The van der Waals surface area contributed by atoms with Crippen molar-refractivity contribution in [1.82, 2.24) is 18.9 Å². The van der Waals surface area contributed by atoms with Crippen LogP contribution in [0.3, 0.4) is 0 Å². The van der Waals surface area contributed by atoms with Gasteiger partial charge in [-0.15, -0.1) is 0 Å². The third-order valence-corrected chi connectivity index (χ3v) is 5.69. The van der Waals surface area contributed by atoms with Crippen molar-refractivity contribution in [2.45, 2.75) is 18.8 Å². The summed E-state index contributed by atoms with van der Waals surface area (Å²) in [6.07, 6.45) is 2.32. The van der Waals surface area contributed by atoms with Crippen molar-refractivity contribution in [3.05, 3.63) is 23.9 Å². The fourth-order valence-electron chi connectivity index (χ4n) is 2.58. The Kier molecular flexibility index (Phi) is 4.51. The number of carbonyl (C=O) groups is 1. The summed E-state index contributed by atoms with van der Waals surface area (Å²) in [6, 6.07) is 5.40. The average Bonchev–Trinajstić information content (AvgIpc) is 3.40. The van der Waals surface area contributed by atoms with Gasteiger partial charge >= 0.3 is 6.03 Å². The predicted octanol–water partition coefficient (Wildman–Crippen LogP) is 0.573. The van der Waals surface area contributed by atoms with Crippen LogP contribution in [0.4, 0.5) is 10.6 Å². The average molecular weight is 339 g/mol. The first-order valence-corrected chi connectivity index (χ1v) is 9.15. The number of aromatic nitrogens is 1. The molecule has 2 aliphatic rings. The number of anilines is 1. The second kappa shape index (κ2) is 6.42. The largest absolute Gasteiger partial charge is 0.323 e. The summed E-state index contributed by atoms with van der Waals surface area (Å²) in [5.41, 5.74) is 1.02. The summed E-state index contributed by atoms with van der Waals surface area (Å²) in [5.74, 6) is 1.08. The van der Waals surface area contributed by atoms with E-state index in [1.165, 1.54) is 11.4 Å². The third kappa shape index (κ3) is 3.80. The van der Waals surface area contributed by atoms with Crippen LogP contribution in [0.15, 0.2) is 18.2 Å². The zero-order valence-corrected chi connectivity index (χ0v) is 13.8. The molecule has 126 valence electrons. The maximum absolute atomic E-state index is 12.3. The molecule has 1 saturated heterocycles. The highest BCUT2D eigenvalue weighted by Crippen LogP contribution is 2.39. The van der Waals surface area contributed by atoms with E-state index in [0.29, 0.717) is 24.8 Å². The van der Waals surface area contributed by atoms with Gasteiger partial charge < -0.3 is 4.90 Å². The lowest BCUT2D eigenvalue weighted by molar-refractivity contribution is 0.184. The fraction of sp³-hybridized carbons (Fsp3) is 0.571. The Labute approximate surface area is 136 Å². The minimum Gasteiger partial charge on any atom is -0.322 e. The molecule has 2 N–H and O–H groups in total. The van der Waals surface area contributed by atoms with E-state index in [1.54, 1.807) is 11.0 Å². The van der Waals surface area contributed by atoms with Crippen LogP contribution in [0, 0.1) is 0 Å². The molecule has 23 heavy (non-hydrogen) atoms. The van der Waals surface area contributed by atoms with E-state index in [-0.39, 0.29) is 19.1 Å². The van der Waals surface area contributed by atoms with E-state index in [0.717, 1.165) is 18.5 Å². The van der Waals surface area contributed by atoms with E-state index in [9.17, 15) is 13.2 Å². The smallest absolute Gasteiger partial charge is 0.322 e. The van der Waals surface area contributed by atoms with Gasteiger partial charge in [-0.1, -0.05) is 6.07 Å². The molecular weight excluding hydrogens is 318 g/mol. The Bertz CT molecular complexity index is 681. The van der Waals surface area contributed by atoms with Gasteiger partial charge in [-0.05, 0) is 25.0 Å². The molecule has 3 rings (SSSR count). The van der Waals surface area contributed by atoms with Gasteiger partial charge in [0.25, 0.3) is 10.2 Å². The number of rotatable bonds is 4. The summed E-state index contributed by atoms with van der Waals surface area (Å²) < 4.78 is 27.1. The highest BCUT2D eigenvalue weighted by molar-refractivity contribution is 7.87. The molecule has 0 bridgehead atoms. The lowest BCUT2D eigenvalue weighted by Crippen LogP contribution is -2.53. The maximum atomic E-state index is 12.3. The van der Waals surface area contributed by atoms with Gasteiger partial charge in [-0.2, -0.15) is 12.7 Å². The van der Waals surface area contributed by atoms with Crippen LogP contribution in [0.25, 0.3) is 0 Å². The van der Waals surface area contributed by atoms with Crippen LogP contribution < -0.4 is 10.0 Å². The Morgan fingerprint density at radius 2 is 1.91 bits per heavy atom. The van der Waals surface area contributed by atoms with Crippen molar-refractivity contribution >= 4 is 22.1 Å². The Hall–Kier alpha value is -1.71. The first-order chi connectivity index (χ1) is 11.0. The molecule has 0 radical (unpaired) electrons. The quantitative estimate of drug-likeness (QED) is 0.838. The molecule has 1 aromatic rings. The molecule has 0 aromatic carbocycles. The fourth-order valence-corrected chi connectivity index (χ4v) is 3.48. The van der Waals surface area contributed by atoms with Crippen LogP contribution in [-0.4, -0.2) is 61.9 Å². The van der Waals surface area contributed by atoms with Crippen molar-refractivity contribution < 1.29 is 13.2 Å². The first kappa shape index (κ1) is 16.2. The standard InChI is InChI=1S/C14H21N5O3S/c1-15-23(21,22)19-9-7-18(8-10-19)14(20)17-13-4-2-3-12(16-13)11-5-6-11/h2-4,11,15H,5-10H2,1H3,(H,16,17,20). The van der Waals surface area contributed by atoms with Gasteiger partial charge in [0.15, 0.2) is 0 Å². The highest BCUT2D eigenvalue weighted by Gasteiger charge is 2.28. The van der Waals surface area contributed by atoms with E-state index < -0.39 is 10.2 Å². The van der Waals surface area contributed by atoms with Gasteiger partial charge in [0.05, 0.1) is 0 Å². The molecule has 0 atom stereocenters. The molecule has 2 heterocycles. The molecule has 1 saturated carbocycles. The third-order valence-electron chi connectivity index (χ3n) is 4.12. The van der Waals surface area contributed by atoms with Crippen LogP contribution in [0.5, 0.6) is 0 Å². The van der Waals surface area contributed by atoms with Crippen molar-refractivity contribution in [2.24, 2.45) is 0 Å². The number of pyridine rings is 1. The Morgan fingerprint density at radius 3 is 2.52 bits per heavy atom. The molecule has 2 amide bonds. The molecule has 9 heteroatoms.